The minimum Gasteiger partial charge on any atom is -0.379 e. The van der Waals surface area contributed by atoms with Crippen LogP contribution in [0.2, 0.25) is 0 Å². The summed E-state index contributed by atoms with van der Waals surface area (Å²) in [6, 6.07) is 8.46. The lowest BCUT2D eigenvalue weighted by Gasteiger charge is -2.26. The number of hydrogen-bond donors (Lipinski definition) is 1. The topological polar surface area (TPSA) is 58.6 Å². The van der Waals surface area contributed by atoms with E-state index in [9.17, 15) is 8.42 Å². The molecule has 0 unspecified atom stereocenters. The molecule has 0 spiro atoms. The molecule has 1 aromatic rings. The smallest absolute Gasteiger partial charge is 0.240 e. The monoisotopic (exact) mass is 284 g/mol. The summed E-state index contributed by atoms with van der Waals surface area (Å²) >= 11 is 0. The molecule has 1 heterocycles. The van der Waals surface area contributed by atoms with E-state index < -0.39 is 10.0 Å². The van der Waals surface area contributed by atoms with Gasteiger partial charge in [0.2, 0.25) is 10.0 Å². The average Bonchev–Trinajstić information content (AvgIpc) is 2.46. The normalized spacial score (nSPS) is 17.5. The first-order valence-electron chi connectivity index (χ1n) is 6.53. The van der Waals surface area contributed by atoms with Gasteiger partial charge in [-0.15, -0.1) is 0 Å². The molecule has 0 atom stereocenters. The predicted molar refractivity (Wildman–Crippen MR) is 73.5 cm³/mol. The summed E-state index contributed by atoms with van der Waals surface area (Å²) < 4.78 is 31.8. The fourth-order valence-electron chi connectivity index (χ4n) is 2.02. The molecule has 6 heteroatoms. The first-order valence-corrected chi connectivity index (χ1v) is 8.02. The van der Waals surface area contributed by atoms with Gasteiger partial charge in [0.05, 0.1) is 18.1 Å². The van der Waals surface area contributed by atoms with Crippen LogP contribution in [0, 0.1) is 0 Å². The number of nitrogens with zero attached hydrogens (tertiary/aromatic N) is 1. The zero-order valence-corrected chi connectivity index (χ0v) is 11.7. The van der Waals surface area contributed by atoms with Crippen LogP contribution in [0.3, 0.4) is 0 Å². The van der Waals surface area contributed by atoms with Crippen LogP contribution in [-0.2, 0) is 14.8 Å². The molecule has 0 aliphatic carbocycles. The number of hydrogen-bond acceptors (Lipinski definition) is 4. The molecule has 1 saturated heterocycles. The van der Waals surface area contributed by atoms with Gasteiger partial charge in [-0.25, -0.2) is 13.1 Å². The molecule has 2 rings (SSSR count). The molecular weight excluding hydrogens is 264 g/mol. The second-order valence-electron chi connectivity index (χ2n) is 4.52. The van der Waals surface area contributed by atoms with Crippen molar-refractivity contribution >= 4 is 10.0 Å². The highest BCUT2D eigenvalue weighted by atomic mass is 32.2. The highest BCUT2D eigenvalue weighted by molar-refractivity contribution is 7.89. The predicted octanol–water partition coefficient (Wildman–Crippen LogP) is 0.687. The molecule has 106 valence electrons. The van der Waals surface area contributed by atoms with Crippen molar-refractivity contribution in [2.24, 2.45) is 0 Å². The second kappa shape index (κ2) is 7.00. The summed E-state index contributed by atoms with van der Waals surface area (Å²) in [6.07, 6.45) is 0.812. The molecule has 0 amide bonds. The summed E-state index contributed by atoms with van der Waals surface area (Å²) in [5.41, 5.74) is 0. The van der Waals surface area contributed by atoms with Crippen LogP contribution in [0.1, 0.15) is 6.42 Å². The fourth-order valence-corrected chi connectivity index (χ4v) is 3.11. The lowest BCUT2D eigenvalue weighted by atomic mass is 10.3. The van der Waals surface area contributed by atoms with Crippen molar-refractivity contribution in [3.63, 3.8) is 0 Å². The van der Waals surface area contributed by atoms with Gasteiger partial charge >= 0.3 is 0 Å². The second-order valence-corrected chi connectivity index (χ2v) is 6.29. The van der Waals surface area contributed by atoms with E-state index in [-0.39, 0.29) is 0 Å². The van der Waals surface area contributed by atoms with E-state index >= 15 is 0 Å². The van der Waals surface area contributed by atoms with E-state index in [1.807, 2.05) is 0 Å². The number of benzene rings is 1. The molecule has 1 aromatic carbocycles. The molecule has 5 nitrogen and oxygen atoms in total. The molecular formula is C13H20N2O3S. The first kappa shape index (κ1) is 14.5. The quantitative estimate of drug-likeness (QED) is 0.781. The van der Waals surface area contributed by atoms with Crippen molar-refractivity contribution in [3.8, 4) is 0 Å². The van der Waals surface area contributed by atoms with Crippen LogP contribution in [0.4, 0.5) is 0 Å². The molecule has 0 radical (unpaired) electrons. The van der Waals surface area contributed by atoms with Gasteiger partial charge in [0.25, 0.3) is 0 Å². The molecule has 0 saturated carbocycles. The molecule has 1 aliphatic heterocycles. The summed E-state index contributed by atoms with van der Waals surface area (Å²) in [5, 5.41) is 0. The Morgan fingerprint density at radius 3 is 2.53 bits per heavy atom. The van der Waals surface area contributed by atoms with E-state index in [1.54, 1.807) is 30.3 Å². The van der Waals surface area contributed by atoms with E-state index in [0.717, 1.165) is 39.3 Å². The first-order chi connectivity index (χ1) is 9.18. The third kappa shape index (κ3) is 4.58. The maximum Gasteiger partial charge on any atom is 0.240 e. The standard InChI is InChI=1S/C13H20N2O3S/c16-19(17,13-5-2-1-3-6-13)14-7-4-8-15-9-11-18-12-10-15/h1-3,5-6,14H,4,7-12H2. The minimum atomic E-state index is -3.36. The van der Waals surface area contributed by atoms with Gasteiger partial charge in [-0.3, -0.25) is 4.90 Å². The lowest BCUT2D eigenvalue weighted by molar-refractivity contribution is 0.0376. The molecule has 1 N–H and O–H groups in total. The van der Waals surface area contributed by atoms with Crippen LogP contribution in [0.5, 0.6) is 0 Å². The van der Waals surface area contributed by atoms with Gasteiger partial charge in [-0.2, -0.15) is 0 Å². The van der Waals surface area contributed by atoms with Crippen molar-refractivity contribution < 1.29 is 13.2 Å². The van der Waals surface area contributed by atoms with Gasteiger partial charge in [0.1, 0.15) is 0 Å². The maximum absolute atomic E-state index is 11.9. The van der Waals surface area contributed by atoms with E-state index in [0.29, 0.717) is 11.4 Å². The lowest BCUT2D eigenvalue weighted by Crippen LogP contribution is -2.38. The zero-order valence-electron chi connectivity index (χ0n) is 10.9. The van der Waals surface area contributed by atoms with Gasteiger partial charge in [-0.1, -0.05) is 18.2 Å². The molecule has 0 bridgehead atoms. The zero-order chi connectivity index (χ0) is 13.6. The third-order valence-electron chi connectivity index (χ3n) is 3.10. The van der Waals surface area contributed by atoms with Crippen LogP contribution in [0.15, 0.2) is 35.2 Å². The summed E-state index contributed by atoms with van der Waals surface area (Å²) in [4.78, 5) is 2.61. The number of morpholine rings is 1. The Morgan fingerprint density at radius 2 is 1.84 bits per heavy atom. The number of nitrogens with one attached hydrogen (secondary N) is 1. The van der Waals surface area contributed by atoms with Gasteiger partial charge < -0.3 is 4.74 Å². The summed E-state index contributed by atoms with van der Waals surface area (Å²) in [5.74, 6) is 0. The number of rotatable bonds is 6. The summed E-state index contributed by atoms with van der Waals surface area (Å²) in [7, 11) is -3.36. The van der Waals surface area contributed by atoms with Crippen LogP contribution in [-0.4, -0.2) is 52.7 Å². The largest absolute Gasteiger partial charge is 0.379 e. The highest BCUT2D eigenvalue weighted by Crippen LogP contribution is 2.07. The number of sulfonamides is 1. The third-order valence-corrected chi connectivity index (χ3v) is 4.58. The Hall–Kier alpha value is -0.950. The molecule has 1 fully saturated rings. The Balaban J connectivity index is 1.73. The number of ether oxygens (including phenoxy) is 1. The summed E-state index contributed by atoms with van der Waals surface area (Å²) in [6.45, 7) is 4.79. The SMILES string of the molecule is O=S(=O)(NCCCN1CCOCC1)c1ccccc1. The Labute approximate surface area is 114 Å². The average molecular weight is 284 g/mol. The van der Waals surface area contributed by atoms with Gasteiger partial charge in [0.15, 0.2) is 0 Å². The fraction of sp³-hybridized carbons (Fsp3) is 0.538. The van der Waals surface area contributed by atoms with E-state index in [4.69, 9.17) is 4.74 Å². The molecule has 0 aromatic heterocycles. The van der Waals surface area contributed by atoms with Crippen molar-refractivity contribution in [1.29, 1.82) is 0 Å². The van der Waals surface area contributed by atoms with Crippen molar-refractivity contribution in [1.82, 2.24) is 9.62 Å². The van der Waals surface area contributed by atoms with Crippen LogP contribution in [0.25, 0.3) is 0 Å². The highest BCUT2D eigenvalue weighted by Gasteiger charge is 2.13. The Morgan fingerprint density at radius 1 is 1.16 bits per heavy atom. The Bertz CT molecular complexity index is 470. The van der Waals surface area contributed by atoms with Gasteiger partial charge in [-0.05, 0) is 25.1 Å². The van der Waals surface area contributed by atoms with Crippen molar-refractivity contribution in [3.05, 3.63) is 30.3 Å². The molecule has 1 aliphatic rings. The van der Waals surface area contributed by atoms with E-state index in [2.05, 4.69) is 9.62 Å². The maximum atomic E-state index is 11.9. The van der Waals surface area contributed by atoms with E-state index in [1.165, 1.54) is 0 Å². The van der Waals surface area contributed by atoms with Crippen molar-refractivity contribution in [2.75, 3.05) is 39.4 Å². The van der Waals surface area contributed by atoms with Crippen LogP contribution >= 0.6 is 0 Å². The minimum absolute atomic E-state index is 0.321. The van der Waals surface area contributed by atoms with Crippen LogP contribution < -0.4 is 4.72 Å². The Kier molecular flexibility index (Phi) is 5.33. The van der Waals surface area contributed by atoms with Gasteiger partial charge in [0, 0.05) is 19.6 Å². The molecule has 19 heavy (non-hydrogen) atoms. The van der Waals surface area contributed by atoms with Crippen molar-refractivity contribution in [2.45, 2.75) is 11.3 Å².